The summed E-state index contributed by atoms with van der Waals surface area (Å²) >= 11 is 1.32. The number of hydrazine groups is 1. The summed E-state index contributed by atoms with van der Waals surface area (Å²) in [6, 6.07) is 8.09. The van der Waals surface area contributed by atoms with Gasteiger partial charge in [0, 0.05) is 24.2 Å². The number of para-hydroxylation sites is 1. The zero-order valence-electron chi connectivity index (χ0n) is 10.4. The van der Waals surface area contributed by atoms with E-state index in [1.54, 1.807) is 0 Å². The molecule has 0 aliphatic carbocycles. The Morgan fingerprint density at radius 2 is 2.26 bits per heavy atom. The van der Waals surface area contributed by atoms with Gasteiger partial charge < -0.3 is 0 Å². The highest BCUT2D eigenvalue weighted by molar-refractivity contribution is 7.03. The lowest BCUT2D eigenvalue weighted by atomic mass is 10.1. The number of hydrogen-bond acceptors (Lipinski definition) is 6. The number of nitrogens with zero attached hydrogens (tertiary/aromatic N) is 4. The van der Waals surface area contributed by atoms with E-state index in [1.807, 2.05) is 29.2 Å². The van der Waals surface area contributed by atoms with Crippen LogP contribution in [0.15, 0.2) is 29.6 Å². The second-order valence-electron chi connectivity index (χ2n) is 4.34. The average Bonchev–Trinajstić information content (AvgIpc) is 3.06. The van der Waals surface area contributed by atoms with Crippen molar-refractivity contribution >= 4 is 22.4 Å². The molecule has 2 heterocycles. The number of benzene rings is 1. The van der Waals surface area contributed by atoms with Crippen LogP contribution in [0.3, 0.4) is 0 Å². The molecular weight excluding hydrogens is 260 g/mol. The van der Waals surface area contributed by atoms with Crippen LogP contribution in [0.25, 0.3) is 10.9 Å². The summed E-state index contributed by atoms with van der Waals surface area (Å²) in [7, 11) is 1.95. The molecule has 0 saturated carbocycles. The van der Waals surface area contributed by atoms with Crippen LogP contribution in [0.1, 0.15) is 17.4 Å². The Bertz CT molecular complexity index is 675. The van der Waals surface area contributed by atoms with E-state index in [2.05, 4.69) is 32.2 Å². The number of fused-ring (bicyclic) bond motifs is 1. The number of nitrogens with two attached hydrogens (primary N) is 1. The molecule has 19 heavy (non-hydrogen) atoms. The molecule has 0 saturated heterocycles. The lowest BCUT2D eigenvalue weighted by Crippen LogP contribution is -2.30. The van der Waals surface area contributed by atoms with Crippen molar-refractivity contribution in [2.45, 2.75) is 12.5 Å². The molecule has 0 aliphatic rings. The normalized spacial score (nSPS) is 12.9. The fraction of sp³-hybridized carbons (Fsp3) is 0.250. The molecule has 0 fully saturated rings. The molecule has 98 valence electrons. The van der Waals surface area contributed by atoms with Gasteiger partial charge in [-0.2, -0.15) is 5.10 Å². The first-order valence-electron chi connectivity index (χ1n) is 5.93. The topological polar surface area (TPSA) is 81.7 Å². The van der Waals surface area contributed by atoms with Crippen LogP contribution < -0.4 is 11.3 Å². The van der Waals surface area contributed by atoms with E-state index in [4.69, 9.17) is 5.84 Å². The van der Waals surface area contributed by atoms with Gasteiger partial charge in [0.2, 0.25) is 0 Å². The van der Waals surface area contributed by atoms with Crippen molar-refractivity contribution in [1.82, 2.24) is 24.8 Å². The summed E-state index contributed by atoms with van der Waals surface area (Å²) in [5, 5.41) is 11.7. The largest absolute Gasteiger partial charge is 0.271 e. The molecule has 3 aromatic rings. The van der Waals surface area contributed by atoms with E-state index in [-0.39, 0.29) is 6.04 Å². The van der Waals surface area contributed by atoms with Crippen LogP contribution in [0.5, 0.6) is 0 Å². The number of aromatic nitrogens is 4. The van der Waals surface area contributed by atoms with Gasteiger partial charge in [-0.1, -0.05) is 22.7 Å². The standard InChI is InChI=1S/C12H14N6S/c1-18-12-5-3-2-4-8(12)9(16-18)6-10(14-13)11-7-19-17-15-11/h2-5,7,10,14H,6,13H2,1H3. The molecule has 3 rings (SSSR count). The smallest absolute Gasteiger partial charge is 0.0942 e. The predicted octanol–water partition coefficient (Wildman–Crippen LogP) is 1.17. The Morgan fingerprint density at radius 3 is 3.00 bits per heavy atom. The number of rotatable bonds is 4. The zero-order valence-corrected chi connectivity index (χ0v) is 11.3. The van der Waals surface area contributed by atoms with Crippen LogP contribution in [0.2, 0.25) is 0 Å². The Morgan fingerprint density at radius 1 is 1.42 bits per heavy atom. The highest BCUT2D eigenvalue weighted by atomic mass is 32.1. The Hall–Kier alpha value is -1.83. The monoisotopic (exact) mass is 274 g/mol. The fourth-order valence-electron chi connectivity index (χ4n) is 2.21. The summed E-state index contributed by atoms with van der Waals surface area (Å²) in [6.07, 6.45) is 0.684. The van der Waals surface area contributed by atoms with Crippen LogP contribution in [-0.2, 0) is 13.5 Å². The maximum absolute atomic E-state index is 5.61. The maximum Gasteiger partial charge on any atom is 0.0942 e. The second kappa shape index (κ2) is 5.04. The van der Waals surface area contributed by atoms with Crippen LogP contribution in [-0.4, -0.2) is 19.4 Å². The zero-order chi connectivity index (χ0) is 13.2. The highest BCUT2D eigenvalue weighted by Gasteiger charge is 2.17. The minimum Gasteiger partial charge on any atom is -0.271 e. The highest BCUT2D eigenvalue weighted by Crippen LogP contribution is 2.22. The summed E-state index contributed by atoms with van der Waals surface area (Å²) in [5.41, 5.74) is 5.75. The number of aryl methyl sites for hydroxylation is 1. The predicted molar refractivity (Wildman–Crippen MR) is 74.4 cm³/mol. The van der Waals surface area contributed by atoms with Crippen molar-refractivity contribution < 1.29 is 0 Å². The maximum atomic E-state index is 5.61. The summed E-state index contributed by atoms with van der Waals surface area (Å²) in [6.45, 7) is 0. The molecule has 0 bridgehead atoms. The van der Waals surface area contributed by atoms with Gasteiger partial charge in [0.05, 0.1) is 22.9 Å². The van der Waals surface area contributed by atoms with E-state index in [0.29, 0.717) is 6.42 Å². The van der Waals surface area contributed by atoms with Gasteiger partial charge >= 0.3 is 0 Å². The van der Waals surface area contributed by atoms with E-state index >= 15 is 0 Å². The Kier molecular flexibility index (Phi) is 3.24. The van der Waals surface area contributed by atoms with Gasteiger partial charge in [-0.25, -0.2) is 0 Å². The summed E-state index contributed by atoms with van der Waals surface area (Å²) in [4.78, 5) is 0. The molecule has 3 N–H and O–H groups in total. The molecule has 2 aromatic heterocycles. The lowest BCUT2D eigenvalue weighted by Gasteiger charge is -2.11. The molecule has 7 heteroatoms. The van der Waals surface area contributed by atoms with E-state index in [0.717, 1.165) is 22.3 Å². The molecule has 0 spiro atoms. The molecule has 1 aromatic carbocycles. The SMILES string of the molecule is Cn1nc(CC(NN)c2csnn2)c2ccccc21. The first-order valence-corrected chi connectivity index (χ1v) is 6.77. The quantitative estimate of drug-likeness (QED) is 0.551. The van der Waals surface area contributed by atoms with Gasteiger partial charge in [0.15, 0.2) is 0 Å². The minimum absolute atomic E-state index is 0.0722. The molecule has 1 unspecified atom stereocenters. The van der Waals surface area contributed by atoms with Crippen molar-refractivity contribution in [2.24, 2.45) is 12.9 Å². The molecular formula is C12H14N6S. The molecule has 6 nitrogen and oxygen atoms in total. The average molecular weight is 274 g/mol. The van der Waals surface area contributed by atoms with Crippen molar-refractivity contribution in [3.8, 4) is 0 Å². The minimum atomic E-state index is -0.0722. The number of hydrogen-bond donors (Lipinski definition) is 2. The van der Waals surface area contributed by atoms with E-state index < -0.39 is 0 Å². The third kappa shape index (κ3) is 2.23. The van der Waals surface area contributed by atoms with E-state index in [1.165, 1.54) is 11.5 Å². The summed E-state index contributed by atoms with van der Waals surface area (Å²) < 4.78 is 5.76. The van der Waals surface area contributed by atoms with Gasteiger partial charge in [-0.15, -0.1) is 5.10 Å². The first-order chi connectivity index (χ1) is 9.29. The first kappa shape index (κ1) is 12.2. The molecule has 0 aliphatic heterocycles. The van der Waals surface area contributed by atoms with Crippen molar-refractivity contribution in [3.05, 3.63) is 41.0 Å². The molecule has 0 radical (unpaired) electrons. The van der Waals surface area contributed by atoms with E-state index in [9.17, 15) is 0 Å². The van der Waals surface area contributed by atoms with Gasteiger partial charge in [-0.3, -0.25) is 16.0 Å². The van der Waals surface area contributed by atoms with Crippen molar-refractivity contribution in [3.63, 3.8) is 0 Å². The van der Waals surface area contributed by atoms with Crippen LogP contribution >= 0.6 is 11.5 Å². The lowest BCUT2D eigenvalue weighted by molar-refractivity contribution is 0.529. The summed E-state index contributed by atoms with van der Waals surface area (Å²) in [5.74, 6) is 5.61. The van der Waals surface area contributed by atoms with Crippen LogP contribution in [0.4, 0.5) is 0 Å². The van der Waals surface area contributed by atoms with Crippen molar-refractivity contribution in [1.29, 1.82) is 0 Å². The van der Waals surface area contributed by atoms with Crippen molar-refractivity contribution in [2.75, 3.05) is 0 Å². The third-order valence-corrected chi connectivity index (χ3v) is 3.69. The Labute approximate surface area is 114 Å². The van der Waals surface area contributed by atoms with Gasteiger partial charge in [0.25, 0.3) is 0 Å². The van der Waals surface area contributed by atoms with Gasteiger partial charge in [0.1, 0.15) is 0 Å². The number of nitrogens with one attached hydrogen (secondary N) is 1. The Balaban J connectivity index is 1.97. The third-order valence-electron chi connectivity index (χ3n) is 3.17. The fourth-order valence-corrected chi connectivity index (χ4v) is 2.71. The molecule has 0 amide bonds. The van der Waals surface area contributed by atoms with Crippen LogP contribution in [0, 0.1) is 0 Å². The second-order valence-corrected chi connectivity index (χ2v) is 4.95. The molecule has 1 atom stereocenters. The van der Waals surface area contributed by atoms with Gasteiger partial charge in [-0.05, 0) is 17.6 Å².